The maximum absolute atomic E-state index is 13.5. The summed E-state index contributed by atoms with van der Waals surface area (Å²) in [7, 11) is 1.17. The standard InChI is InChI=1S/C64H117N2O7P/c1-7-10-13-16-19-22-25-27-28-29-30-31-32-33-34-35-36-37-38-39-42-44-47-50-53-56-63(67)65-61(60-72-74(69,70)71-59-58-66(4,5)6)62(55-52-49-46-43-41-26-23-20-17-14-11-8-2)73-64(68)57-54-51-48-45-40-24-21-18-15-12-9-3/h18-19,21-22,27-28,30-31,33-34,52,55,61-62H,7-17,20,23-26,29,32,35-51,53-54,56-60H2,1-6H3,(H-,65,67,69,70)/b21-18-,22-19-,28-27-,31-30-,34-33-,55-52-. The molecule has 0 saturated carbocycles. The number of carbonyl (C=O) groups is 2. The van der Waals surface area contributed by atoms with Gasteiger partial charge < -0.3 is 28.5 Å². The second kappa shape index (κ2) is 53.8. The van der Waals surface area contributed by atoms with E-state index in [0.717, 1.165) is 116 Å². The summed E-state index contributed by atoms with van der Waals surface area (Å²) in [5.74, 6) is -0.559. The molecule has 0 spiro atoms. The van der Waals surface area contributed by atoms with E-state index in [0.29, 0.717) is 17.4 Å². The van der Waals surface area contributed by atoms with Crippen molar-refractivity contribution in [2.75, 3.05) is 40.9 Å². The Morgan fingerprint density at radius 3 is 1.31 bits per heavy atom. The molecule has 1 amide bonds. The lowest BCUT2D eigenvalue weighted by Gasteiger charge is -2.30. The van der Waals surface area contributed by atoms with Gasteiger partial charge in [0.05, 0.1) is 33.8 Å². The van der Waals surface area contributed by atoms with E-state index in [-0.39, 0.29) is 24.9 Å². The highest BCUT2D eigenvalue weighted by Crippen LogP contribution is 2.38. The fraction of sp³-hybridized carbons (Fsp3) is 0.781. The van der Waals surface area contributed by atoms with Gasteiger partial charge in [0.15, 0.2) is 0 Å². The lowest BCUT2D eigenvalue weighted by atomic mass is 10.0. The average Bonchev–Trinajstić information content (AvgIpc) is 3.36. The third-order valence-corrected chi connectivity index (χ3v) is 14.3. The summed E-state index contributed by atoms with van der Waals surface area (Å²) in [6.07, 6.45) is 68.7. The molecule has 0 radical (unpaired) electrons. The smallest absolute Gasteiger partial charge is 0.306 e. The van der Waals surface area contributed by atoms with Gasteiger partial charge in [-0.15, -0.1) is 0 Å². The number of unbranched alkanes of at least 4 members (excludes halogenated alkanes) is 29. The Balaban J connectivity index is 5.13. The highest BCUT2D eigenvalue weighted by molar-refractivity contribution is 7.45. The van der Waals surface area contributed by atoms with Gasteiger partial charge in [-0.2, -0.15) is 0 Å². The molecule has 0 fully saturated rings. The van der Waals surface area contributed by atoms with Crippen LogP contribution in [0.3, 0.4) is 0 Å². The van der Waals surface area contributed by atoms with Crippen molar-refractivity contribution in [3.8, 4) is 0 Å². The molecule has 0 aliphatic heterocycles. The number of ether oxygens (including phenoxy) is 1. The molecule has 0 aliphatic rings. The Bertz CT molecular complexity index is 1500. The first kappa shape index (κ1) is 71.5. The third kappa shape index (κ3) is 54.2. The van der Waals surface area contributed by atoms with Crippen LogP contribution in [0.5, 0.6) is 0 Å². The van der Waals surface area contributed by atoms with Crippen molar-refractivity contribution in [1.82, 2.24) is 5.32 Å². The number of phosphoric acid groups is 1. The molecule has 0 saturated heterocycles. The first-order valence-corrected chi connectivity index (χ1v) is 32.2. The van der Waals surface area contributed by atoms with Gasteiger partial charge in [0, 0.05) is 12.8 Å². The summed E-state index contributed by atoms with van der Waals surface area (Å²) in [6.45, 7) is 6.76. The quantitative estimate of drug-likeness (QED) is 0.0212. The Morgan fingerprint density at radius 2 is 0.838 bits per heavy atom. The van der Waals surface area contributed by atoms with E-state index in [4.69, 9.17) is 13.8 Å². The van der Waals surface area contributed by atoms with Crippen LogP contribution in [0.2, 0.25) is 0 Å². The molecular weight excluding hydrogens is 940 g/mol. The van der Waals surface area contributed by atoms with Gasteiger partial charge in [-0.05, 0) is 96.0 Å². The predicted octanol–water partition coefficient (Wildman–Crippen LogP) is 18.2. The predicted molar refractivity (Wildman–Crippen MR) is 316 cm³/mol. The number of allylic oxidation sites excluding steroid dienone is 11. The number of likely N-dealkylation sites (N-methyl/N-ethyl adjacent to an activating group) is 1. The van der Waals surface area contributed by atoms with Crippen molar-refractivity contribution in [2.24, 2.45) is 0 Å². The van der Waals surface area contributed by atoms with E-state index < -0.39 is 26.6 Å². The maximum Gasteiger partial charge on any atom is 0.306 e. The Labute approximate surface area is 457 Å². The highest BCUT2D eigenvalue weighted by Gasteiger charge is 2.27. The molecule has 10 heteroatoms. The molecule has 0 bridgehead atoms. The molecule has 0 aliphatic carbocycles. The average molecular weight is 1060 g/mol. The fourth-order valence-corrected chi connectivity index (χ4v) is 9.27. The number of phosphoric ester groups is 1. The van der Waals surface area contributed by atoms with Crippen LogP contribution in [-0.4, -0.2) is 69.4 Å². The minimum absolute atomic E-state index is 0.0269. The van der Waals surface area contributed by atoms with Gasteiger partial charge in [-0.3, -0.25) is 14.2 Å². The molecule has 3 atom stereocenters. The van der Waals surface area contributed by atoms with Crippen LogP contribution in [0.4, 0.5) is 0 Å². The zero-order chi connectivity index (χ0) is 54.3. The van der Waals surface area contributed by atoms with Crippen LogP contribution in [0, 0.1) is 0 Å². The number of carbonyl (C=O) groups excluding carboxylic acids is 2. The van der Waals surface area contributed by atoms with Crippen molar-refractivity contribution in [2.45, 2.75) is 283 Å². The molecule has 0 heterocycles. The van der Waals surface area contributed by atoms with E-state index in [9.17, 15) is 19.0 Å². The van der Waals surface area contributed by atoms with Crippen LogP contribution < -0.4 is 10.2 Å². The van der Waals surface area contributed by atoms with Crippen LogP contribution in [0.15, 0.2) is 72.9 Å². The van der Waals surface area contributed by atoms with Gasteiger partial charge in [-0.25, -0.2) is 0 Å². The molecule has 9 nitrogen and oxygen atoms in total. The van der Waals surface area contributed by atoms with Crippen molar-refractivity contribution >= 4 is 19.7 Å². The van der Waals surface area contributed by atoms with Crippen molar-refractivity contribution < 1.29 is 37.3 Å². The van der Waals surface area contributed by atoms with E-state index >= 15 is 0 Å². The first-order chi connectivity index (χ1) is 35.9. The van der Waals surface area contributed by atoms with E-state index in [1.165, 1.54) is 122 Å². The van der Waals surface area contributed by atoms with Crippen molar-refractivity contribution in [3.63, 3.8) is 0 Å². The Hall–Kier alpha value is -2.55. The van der Waals surface area contributed by atoms with Crippen LogP contribution >= 0.6 is 7.82 Å². The largest absolute Gasteiger partial charge is 0.756 e. The molecule has 0 aromatic heterocycles. The first-order valence-electron chi connectivity index (χ1n) is 30.7. The summed E-state index contributed by atoms with van der Waals surface area (Å²) in [6, 6.07) is -0.896. The third-order valence-electron chi connectivity index (χ3n) is 13.4. The van der Waals surface area contributed by atoms with Gasteiger partial charge in [0.2, 0.25) is 5.91 Å². The molecular formula is C64H117N2O7P. The van der Waals surface area contributed by atoms with E-state index in [1.807, 2.05) is 33.3 Å². The number of esters is 1. The zero-order valence-electron chi connectivity index (χ0n) is 49.0. The van der Waals surface area contributed by atoms with Crippen LogP contribution in [0.1, 0.15) is 271 Å². The molecule has 0 rings (SSSR count). The van der Waals surface area contributed by atoms with Gasteiger partial charge >= 0.3 is 5.97 Å². The molecule has 0 aromatic carbocycles. The number of nitrogens with one attached hydrogen (secondary N) is 1. The second-order valence-corrected chi connectivity index (χ2v) is 23.3. The fourth-order valence-electron chi connectivity index (χ4n) is 8.54. The van der Waals surface area contributed by atoms with Crippen LogP contribution in [0.25, 0.3) is 0 Å². The van der Waals surface area contributed by atoms with Crippen molar-refractivity contribution in [3.05, 3.63) is 72.9 Å². The number of hydrogen-bond acceptors (Lipinski definition) is 7. The monoisotopic (exact) mass is 1060 g/mol. The minimum atomic E-state index is -4.70. The Kier molecular flexibility index (Phi) is 52.0. The number of hydrogen-bond donors (Lipinski definition) is 1. The second-order valence-electron chi connectivity index (χ2n) is 21.8. The molecule has 3 unspecified atom stereocenters. The van der Waals surface area contributed by atoms with Gasteiger partial charge in [-0.1, -0.05) is 235 Å². The zero-order valence-corrected chi connectivity index (χ0v) is 49.9. The summed E-state index contributed by atoms with van der Waals surface area (Å²) >= 11 is 0. The summed E-state index contributed by atoms with van der Waals surface area (Å²) in [5, 5.41) is 3.02. The summed E-state index contributed by atoms with van der Waals surface area (Å²) in [4.78, 5) is 39.9. The lowest BCUT2D eigenvalue weighted by Crippen LogP contribution is -2.47. The summed E-state index contributed by atoms with van der Waals surface area (Å²) in [5.41, 5.74) is 0. The number of nitrogens with zero attached hydrogens (tertiary/aromatic N) is 1. The Morgan fingerprint density at radius 1 is 0.473 bits per heavy atom. The van der Waals surface area contributed by atoms with Crippen LogP contribution in [-0.2, 0) is 27.9 Å². The molecule has 430 valence electrons. The molecule has 0 aromatic rings. The topological polar surface area (TPSA) is 114 Å². The maximum atomic E-state index is 13.5. The van der Waals surface area contributed by atoms with Crippen molar-refractivity contribution in [1.29, 1.82) is 0 Å². The van der Waals surface area contributed by atoms with Gasteiger partial charge in [0.1, 0.15) is 19.3 Å². The highest BCUT2D eigenvalue weighted by atomic mass is 31.2. The minimum Gasteiger partial charge on any atom is -0.756 e. The summed E-state index contributed by atoms with van der Waals surface area (Å²) < 4.78 is 30.2. The van der Waals surface area contributed by atoms with Gasteiger partial charge in [0.25, 0.3) is 7.82 Å². The number of rotatable bonds is 55. The lowest BCUT2D eigenvalue weighted by molar-refractivity contribution is -0.870. The SMILES string of the molecule is CCCC/C=C\CCCCCCCC(=O)OC(/C=C\CCCCCCCCCCCC)C(COP(=O)([O-])OCC[N+](C)(C)C)NC(=O)CCCCCCCCCCC/C=C\C/C=C\C/C=C\C/C=C\CCCCC. The number of quaternary nitrogens is 1. The normalized spacial score (nSPS) is 14.2. The van der Waals surface area contributed by atoms with E-state index in [2.05, 4.69) is 86.8 Å². The molecule has 74 heavy (non-hydrogen) atoms. The molecule has 1 N–H and O–H groups in total. The van der Waals surface area contributed by atoms with E-state index in [1.54, 1.807) is 0 Å². The number of amides is 1.